The van der Waals surface area contributed by atoms with Crippen LogP contribution in [0.15, 0.2) is 24.3 Å². The van der Waals surface area contributed by atoms with E-state index in [-0.39, 0.29) is 0 Å². The summed E-state index contributed by atoms with van der Waals surface area (Å²) in [5.74, 6) is 0.906. The molecule has 1 N–H and O–H groups in total. The lowest BCUT2D eigenvalue weighted by Gasteiger charge is -2.44. The van der Waals surface area contributed by atoms with E-state index in [2.05, 4.69) is 57.3 Å². The lowest BCUT2D eigenvalue weighted by Crippen LogP contribution is -2.45. The third-order valence-electron chi connectivity index (χ3n) is 6.11. The van der Waals surface area contributed by atoms with Crippen LogP contribution < -0.4 is 5.32 Å². The first-order valence-corrected chi connectivity index (χ1v) is 8.32. The fourth-order valence-corrected chi connectivity index (χ4v) is 4.97. The topological polar surface area (TPSA) is 12.0 Å². The molecule has 0 radical (unpaired) electrons. The number of rotatable bonds is 4. The highest BCUT2D eigenvalue weighted by Crippen LogP contribution is 2.63. The molecule has 1 aromatic rings. The average Bonchev–Trinajstić information content (AvgIpc) is 2.88. The van der Waals surface area contributed by atoms with Crippen molar-refractivity contribution in [3.63, 3.8) is 0 Å². The van der Waals surface area contributed by atoms with Crippen LogP contribution in [0.4, 0.5) is 5.69 Å². The lowest BCUT2D eigenvalue weighted by atomic mass is 9.68. The van der Waals surface area contributed by atoms with Gasteiger partial charge in [-0.05, 0) is 54.1 Å². The highest BCUT2D eigenvalue weighted by atomic mass is 15.0. The van der Waals surface area contributed by atoms with Crippen LogP contribution in [0.3, 0.4) is 0 Å². The van der Waals surface area contributed by atoms with Gasteiger partial charge >= 0.3 is 0 Å². The normalized spacial score (nSPS) is 34.4. The number of anilines is 1. The largest absolute Gasteiger partial charge is 0.381 e. The van der Waals surface area contributed by atoms with E-state index < -0.39 is 0 Å². The Labute approximate surface area is 124 Å². The van der Waals surface area contributed by atoms with E-state index in [0.29, 0.717) is 16.9 Å². The lowest BCUT2D eigenvalue weighted by molar-refractivity contribution is 0.155. The van der Waals surface area contributed by atoms with Crippen LogP contribution >= 0.6 is 0 Å². The Kier molecular flexibility index (Phi) is 3.35. The molecule has 1 unspecified atom stereocenters. The Bertz CT molecular complexity index is 486. The van der Waals surface area contributed by atoms with E-state index in [1.807, 2.05) is 0 Å². The molecule has 3 rings (SSSR count). The fourth-order valence-electron chi connectivity index (χ4n) is 4.97. The number of hydrogen-bond donors (Lipinski definition) is 1. The molecule has 2 fully saturated rings. The Morgan fingerprint density at radius 1 is 1.20 bits per heavy atom. The second-order valence-corrected chi connectivity index (χ2v) is 7.90. The van der Waals surface area contributed by atoms with Crippen LogP contribution in [0.2, 0.25) is 0 Å². The van der Waals surface area contributed by atoms with E-state index in [1.54, 1.807) is 0 Å². The van der Waals surface area contributed by atoms with Crippen LogP contribution in [-0.4, -0.2) is 6.04 Å². The second kappa shape index (κ2) is 4.79. The molecule has 2 saturated carbocycles. The molecular formula is C19H29N. The number of aryl methyl sites for hydroxylation is 1. The number of benzene rings is 1. The molecule has 0 spiro atoms. The summed E-state index contributed by atoms with van der Waals surface area (Å²) < 4.78 is 0. The fraction of sp³-hybridized carbons (Fsp3) is 0.684. The summed E-state index contributed by atoms with van der Waals surface area (Å²) >= 11 is 0. The number of nitrogens with one attached hydrogen (secondary N) is 1. The summed E-state index contributed by atoms with van der Waals surface area (Å²) in [5.41, 5.74) is 3.78. The van der Waals surface area contributed by atoms with Crippen molar-refractivity contribution >= 4 is 5.69 Å². The first-order chi connectivity index (χ1) is 9.47. The van der Waals surface area contributed by atoms with Crippen molar-refractivity contribution in [3.05, 3.63) is 29.8 Å². The molecule has 110 valence electrons. The van der Waals surface area contributed by atoms with Crippen LogP contribution in [0.5, 0.6) is 0 Å². The molecule has 2 bridgehead atoms. The van der Waals surface area contributed by atoms with E-state index in [0.717, 1.165) is 5.92 Å². The monoisotopic (exact) mass is 271 g/mol. The molecule has 0 aromatic heterocycles. The van der Waals surface area contributed by atoms with E-state index in [9.17, 15) is 0 Å². The number of hydrogen-bond acceptors (Lipinski definition) is 1. The van der Waals surface area contributed by atoms with Crippen molar-refractivity contribution < 1.29 is 0 Å². The summed E-state index contributed by atoms with van der Waals surface area (Å²) in [5, 5.41) is 3.96. The van der Waals surface area contributed by atoms with Gasteiger partial charge in [-0.1, -0.05) is 52.3 Å². The van der Waals surface area contributed by atoms with Gasteiger partial charge in [0.2, 0.25) is 0 Å². The summed E-state index contributed by atoms with van der Waals surface area (Å²) in [7, 11) is 0. The zero-order chi connectivity index (χ0) is 14.4. The third-order valence-corrected chi connectivity index (χ3v) is 6.11. The minimum Gasteiger partial charge on any atom is -0.381 e. The Morgan fingerprint density at radius 2 is 1.95 bits per heavy atom. The Hall–Kier alpha value is -0.980. The highest BCUT2D eigenvalue weighted by Gasteiger charge is 2.59. The van der Waals surface area contributed by atoms with Crippen molar-refractivity contribution in [1.29, 1.82) is 0 Å². The standard InChI is InChI=1S/C19H29N/c1-5-8-14-9-6-7-10-16(14)20-17-18(2,3)15-11-12-19(17,4)13-15/h6-7,9-10,15,17,20H,5,8,11-13H2,1-4H3/t15-,17?,19+/m0/s1. The van der Waals surface area contributed by atoms with Gasteiger partial charge in [-0.15, -0.1) is 0 Å². The predicted molar refractivity (Wildman–Crippen MR) is 87.1 cm³/mol. The van der Waals surface area contributed by atoms with E-state index >= 15 is 0 Å². The maximum atomic E-state index is 3.96. The van der Waals surface area contributed by atoms with Gasteiger partial charge in [-0.25, -0.2) is 0 Å². The minimum absolute atomic E-state index is 0.423. The Balaban J connectivity index is 1.88. The summed E-state index contributed by atoms with van der Waals surface area (Å²) in [4.78, 5) is 0. The van der Waals surface area contributed by atoms with Gasteiger partial charge in [0.25, 0.3) is 0 Å². The van der Waals surface area contributed by atoms with Gasteiger partial charge in [-0.2, -0.15) is 0 Å². The zero-order valence-electron chi connectivity index (χ0n) is 13.5. The third kappa shape index (κ3) is 2.06. The van der Waals surface area contributed by atoms with Crippen LogP contribution in [0, 0.1) is 16.7 Å². The second-order valence-electron chi connectivity index (χ2n) is 7.90. The Morgan fingerprint density at radius 3 is 2.60 bits per heavy atom. The quantitative estimate of drug-likeness (QED) is 0.787. The van der Waals surface area contributed by atoms with Crippen molar-refractivity contribution in [2.45, 2.75) is 65.8 Å². The predicted octanol–water partition coefficient (Wildman–Crippen LogP) is 5.27. The average molecular weight is 271 g/mol. The molecule has 1 nitrogen and oxygen atoms in total. The first-order valence-electron chi connectivity index (χ1n) is 8.32. The molecule has 0 amide bonds. The van der Waals surface area contributed by atoms with Gasteiger partial charge in [0.05, 0.1) is 0 Å². The maximum Gasteiger partial charge on any atom is 0.0375 e. The minimum atomic E-state index is 0.423. The molecule has 0 heterocycles. The van der Waals surface area contributed by atoms with Gasteiger partial charge in [0.15, 0.2) is 0 Å². The van der Waals surface area contributed by atoms with Crippen molar-refractivity contribution in [1.82, 2.24) is 0 Å². The molecule has 0 aliphatic heterocycles. The van der Waals surface area contributed by atoms with Crippen LogP contribution in [0.1, 0.15) is 58.9 Å². The van der Waals surface area contributed by atoms with E-state index in [1.165, 1.54) is 43.4 Å². The molecule has 3 atom stereocenters. The van der Waals surface area contributed by atoms with Gasteiger partial charge in [0.1, 0.15) is 0 Å². The zero-order valence-corrected chi connectivity index (χ0v) is 13.5. The molecule has 1 heteroatoms. The van der Waals surface area contributed by atoms with Gasteiger partial charge < -0.3 is 5.32 Å². The van der Waals surface area contributed by atoms with Gasteiger partial charge in [0, 0.05) is 11.7 Å². The molecule has 2 aliphatic rings. The molecule has 0 saturated heterocycles. The maximum absolute atomic E-state index is 3.96. The molecule has 1 aromatic carbocycles. The SMILES string of the molecule is CCCc1ccccc1NC1C(C)(C)[C@H]2CC[C@]1(C)C2. The van der Waals surface area contributed by atoms with Crippen LogP contribution in [-0.2, 0) is 6.42 Å². The van der Waals surface area contributed by atoms with Crippen molar-refractivity contribution in [2.75, 3.05) is 5.32 Å². The van der Waals surface area contributed by atoms with Crippen molar-refractivity contribution in [3.8, 4) is 0 Å². The number of para-hydroxylation sites is 1. The highest BCUT2D eigenvalue weighted by molar-refractivity contribution is 5.53. The summed E-state index contributed by atoms with van der Waals surface area (Å²) in [6.07, 6.45) is 6.63. The smallest absolute Gasteiger partial charge is 0.0375 e. The molecule has 20 heavy (non-hydrogen) atoms. The van der Waals surface area contributed by atoms with Crippen LogP contribution in [0.25, 0.3) is 0 Å². The first kappa shape index (κ1) is 14.0. The summed E-state index contributed by atoms with van der Waals surface area (Å²) in [6, 6.07) is 9.52. The number of fused-ring (bicyclic) bond motifs is 2. The molecule has 2 aliphatic carbocycles. The summed E-state index contributed by atoms with van der Waals surface area (Å²) in [6.45, 7) is 9.71. The molecular weight excluding hydrogens is 242 g/mol. The van der Waals surface area contributed by atoms with E-state index in [4.69, 9.17) is 0 Å². The van der Waals surface area contributed by atoms with Crippen molar-refractivity contribution in [2.24, 2.45) is 16.7 Å². The van der Waals surface area contributed by atoms with Gasteiger partial charge in [-0.3, -0.25) is 0 Å².